The van der Waals surface area contributed by atoms with Gasteiger partial charge in [-0.25, -0.2) is 0 Å². The summed E-state index contributed by atoms with van der Waals surface area (Å²) in [5, 5.41) is 9.52. The predicted octanol–water partition coefficient (Wildman–Crippen LogP) is 5.00. The van der Waals surface area contributed by atoms with Gasteiger partial charge in [-0.2, -0.15) is 0 Å². The van der Waals surface area contributed by atoms with Crippen molar-refractivity contribution < 1.29 is 24.2 Å². The van der Waals surface area contributed by atoms with Gasteiger partial charge in [0.1, 0.15) is 18.9 Å². The first-order chi connectivity index (χ1) is 18.4. The normalized spacial score (nSPS) is 17.8. The number of nitrogens with zero attached hydrogens (tertiary/aromatic N) is 2. The molecule has 1 saturated carbocycles. The first kappa shape index (κ1) is 28.1. The largest absolute Gasteiger partial charge is 0.491 e. The van der Waals surface area contributed by atoms with Crippen molar-refractivity contribution in [1.29, 1.82) is 0 Å². The SMILES string of the molecule is CC(C)N1CCOCCOc2ccc(C(=O)N(CC(=O)O)CC3CCCCC3)cc2Cc2cccc(c2)C1. The second-order valence-electron chi connectivity index (χ2n) is 10.9. The molecule has 2 aliphatic rings. The molecule has 1 fully saturated rings. The lowest BCUT2D eigenvalue weighted by atomic mass is 9.89. The van der Waals surface area contributed by atoms with Crippen molar-refractivity contribution in [3.63, 3.8) is 0 Å². The number of hydrogen-bond donors (Lipinski definition) is 1. The number of benzene rings is 2. The third-order valence-corrected chi connectivity index (χ3v) is 7.63. The highest BCUT2D eigenvalue weighted by Gasteiger charge is 2.24. The van der Waals surface area contributed by atoms with Gasteiger partial charge in [-0.3, -0.25) is 14.5 Å². The van der Waals surface area contributed by atoms with Gasteiger partial charge in [-0.15, -0.1) is 0 Å². The zero-order valence-corrected chi connectivity index (χ0v) is 22.9. The fourth-order valence-corrected chi connectivity index (χ4v) is 5.54. The fourth-order valence-electron chi connectivity index (χ4n) is 5.54. The van der Waals surface area contributed by atoms with Crippen molar-refractivity contribution in [3.8, 4) is 5.75 Å². The van der Waals surface area contributed by atoms with Gasteiger partial charge in [0.15, 0.2) is 0 Å². The Morgan fingerprint density at radius 1 is 1.03 bits per heavy atom. The Morgan fingerprint density at radius 2 is 1.82 bits per heavy atom. The lowest BCUT2D eigenvalue weighted by Crippen LogP contribution is -2.39. The number of carboxylic acid groups (broad SMARTS) is 1. The van der Waals surface area contributed by atoms with Crippen LogP contribution < -0.4 is 4.74 Å². The van der Waals surface area contributed by atoms with Crippen LogP contribution in [0.25, 0.3) is 0 Å². The summed E-state index contributed by atoms with van der Waals surface area (Å²) in [5.74, 6) is -0.123. The molecule has 1 amide bonds. The number of aliphatic carboxylic acids is 1. The zero-order chi connectivity index (χ0) is 26.9. The molecule has 7 heteroatoms. The topological polar surface area (TPSA) is 79.3 Å². The summed E-state index contributed by atoms with van der Waals surface area (Å²) in [5.41, 5.74) is 3.81. The minimum absolute atomic E-state index is 0.232. The molecule has 1 aliphatic heterocycles. The third-order valence-electron chi connectivity index (χ3n) is 7.63. The first-order valence-electron chi connectivity index (χ1n) is 14.1. The monoisotopic (exact) mass is 522 g/mol. The van der Waals surface area contributed by atoms with Gasteiger partial charge in [-0.1, -0.05) is 43.5 Å². The average molecular weight is 523 g/mol. The molecule has 1 aliphatic carbocycles. The van der Waals surface area contributed by atoms with E-state index >= 15 is 0 Å². The van der Waals surface area contributed by atoms with E-state index in [0.717, 1.165) is 55.6 Å². The summed E-state index contributed by atoms with van der Waals surface area (Å²) in [4.78, 5) is 29.1. The average Bonchev–Trinajstić information content (AvgIpc) is 2.90. The van der Waals surface area contributed by atoms with E-state index in [0.29, 0.717) is 50.3 Å². The van der Waals surface area contributed by atoms with Crippen LogP contribution in [0.1, 0.15) is 73.0 Å². The van der Waals surface area contributed by atoms with E-state index in [1.165, 1.54) is 16.9 Å². The van der Waals surface area contributed by atoms with Crippen molar-refractivity contribution in [2.24, 2.45) is 5.92 Å². The van der Waals surface area contributed by atoms with E-state index in [-0.39, 0.29) is 12.5 Å². The third kappa shape index (κ3) is 8.05. The van der Waals surface area contributed by atoms with Gasteiger partial charge in [-0.05, 0) is 67.5 Å². The number of amides is 1. The van der Waals surface area contributed by atoms with Crippen LogP contribution in [-0.2, 0) is 22.5 Å². The van der Waals surface area contributed by atoms with E-state index in [9.17, 15) is 14.7 Å². The number of fused-ring (bicyclic) bond motifs is 3. The maximum atomic E-state index is 13.6. The van der Waals surface area contributed by atoms with Crippen molar-refractivity contribution in [1.82, 2.24) is 9.80 Å². The van der Waals surface area contributed by atoms with Gasteiger partial charge in [0.2, 0.25) is 0 Å². The summed E-state index contributed by atoms with van der Waals surface area (Å²) in [6.45, 7) is 7.88. The van der Waals surface area contributed by atoms with Crippen LogP contribution in [0.5, 0.6) is 5.75 Å². The Morgan fingerprint density at radius 3 is 2.58 bits per heavy atom. The summed E-state index contributed by atoms with van der Waals surface area (Å²) >= 11 is 0. The van der Waals surface area contributed by atoms with Crippen LogP contribution in [0.3, 0.4) is 0 Å². The molecular formula is C31H42N2O5. The van der Waals surface area contributed by atoms with Crippen LogP contribution >= 0.6 is 0 Å². The predicted molar refractivity (Wildman–Crippen MR) is 148 cm³/mol. The van der Waals surface area contributed by atoms with Crippen LogP contribution in [0, 0.1) is 5.92 Å². The molecule has 2 aromatic rings. The Kier molecular flexibility index (Phi) is 10.2. The standard InChI is InChI=1S/C31H42N2O5/c1-23(2)32-13-14-37-15-16-38-29-12-11-27(19-28(29)18-25-9-6-10-26(17-25)21-32)31(36)33(22-30(34)35)20-24-7-4-3-5-8-24/h6,9-12,17,19,23-24H,3-5,7-8,13-16,18,20-22H2,1-2H3,(H,34,35). The quantitative estimate of drug-likeness (QED) is 0.575. The molecule has 0 spiro atoms. The van der Waals surface area contributed by atoms with Gasteiger partial charge >= 0.3 is 5.97 Å². The van der Waals surface area contributed by atoms with Crippen LogP contribution in [0.15, 0.2) is 42.5 Å². The molecule has 0 saturated heterocycles. The van der Waals surface area contributed by atoms with Crippen LogP contribution in [0.4, 0.5) is 0 Å². The molecule has 7 nitrogen and oxygen atoms in total. The lowest BCUT2D eigenvalue weighted by molar-refractivity contribution is -0.137. The van der Waals surface area contributed by atoms with Crippen LogP contribution in [-0.4, -0.2) is 72.3 Å². The minimum atomic E-state index is -0.983. The fraction of sp³-hybridized carbons (Fsp3) is 0.548. The summed E-state index contributed by atoms with van der Waals surface area (Å²) in [7, 11) is 0. The molecule has 0 aromatic heterocycles. The van der Waals surface area contributed by atoms with Crippen molar-refractivity contribution in [2.75, 3.05) is 39.5 Å². The van der Waals surface area contributed by atoms with Gasteiger partial charge < -0.3 is 19.5 Å². The summed E-state index contributed by atoms with van der Waals surface area (Å²) < 4.78 is 12.0. The highest BCUT2D eigenvalue weighted by molar-refractivity contribution is 5.96. The molecule has 1 heterocycles. The van der Waals surface area contributed by atoms with E-state index < -0.39 is 5.97 Å². The van der Waals surface area contributed by atoms with Gasteiger partial charge in [0.05, 0.1) is 13.2 Å². The molecule has 38 heavy (non-hydrogen) atoms. The molecule has 0 atom stereocenters. The summed E-state index contributed by atoms with van der Waals surface area (Å²) in [6.07, 6.45) is 6.23. The first-order valence-corrected chi connectivity index (χ1v) is 14.1. The number of carbonyl (C=O) groups excluding carboxylic acids is 1. The summed E-state index contributed by atoms with van der Waals surface area (Å²) in [6, 6.07) is 14.5. The molecule has 2 bridgehead atoms. The second kappa shape index (κ2) is 13.8. The van der Waals surface area contributed by atoms with Crippen molar-refractivity contribution >= 4 is 11.9 Å². The highest BCUT2D eigenvalue weighted by Crippen LogP contribution is 2.27. The number of carboxylic acids is 1. The number of carbonyl (C=O) groups is 2. The Hall–Kier alpha value is -2.90. The van der Waals surface area contributed by atoms with E-state index in [1.54, 1.807) is 6.07 Å². The van der Waals surface area contributed by atoms with Crippen molar-refractivity contribution in [2.45, 2.75) is 65.0 Å². The molecular weight excluding hydrogens is 480 g/mol. The van der Waals surface area contributed by atoms with E-state index in [1.807, 2.05) is 12.1 Å². The Balaban J connectivity index is 1.60. The lowest BCUT2D eigenvalue weighted by Gasteiger charge is -2.29. The van der Waals surface area contributed by atoms with E-state index in [4.69, 9.17) is 9.47 Å². The Bertz CT molecular complexity index is 1080. The van der Waals surface area contributed by atoms with E-state index in [2.05, 4.69) is 43.0 Å². The molecule has 0 unspecified atom stereocenters. The molecule has 1 N–H and O–H groups in total. The molecule has 206 valence electrons. The molecule has 4 rings (SSSR count). The molecule has 2 aromatic carbocycles. The number of hydrogen-bond acceptors (Lipinski definition) is 5. The zero-order valence-electron chi connectivity index (χ0n) is 22.9. The van der Waals surface area contributed by atoms with Crippen molar-refractivity contribution in [3.05, 3.63) is 64.7 Å². The van der Waals surface area contributed by atoms with Gasteiger partial charge in [0, 0.05) is 37.7 Å². The maximum absolute atomic E-state index is 13.6. The highest BCUT2D eigenvalue weighted by atomic mass is 16.5. The number of ether oxygens (including phenoxy) is 2. The smallest absolute Gasteiger partial charge is 0.323 e. The van der Waals surface area contributed by atoms with Crippen LogP contribution in [0.2, 0.25) is 0 Å². The second-order valence-corrected chi connectivity index (χ2v) is 10.9. The number of rotatable bonds is 6. The maximum Gasteiger partial charge on any atom is 0.323 e. The minimum Gasteiger partial charge on any atom is -0.491 e. The van der Waals surface area contributed by atoms with Gasteiger partial charge in [0.25, 0.3) is 5.91 Å². The molecule has 0 radical (unpaired) electrons. The Labute approximate surface area is 226 Å².